The summed E-state index contributed by atoms with van der Waals surface area (Å²) in [4.78, 5) is 0. The molecule has 0 amide bonds. The molecule has 4 heteroatoms. The van der Waals surface area contributed by atoms with Gasteiger partial charge in [-0.2, -0.15) is 0 Å². The summed E-state index contributed by atoms with van der Waals surface area (Å²) in [5, 5.41) is 18.1. The molecule has 0 aliphatic carbocycles. The fourth-order valence-electron chi connectivity index (χ4n) is 1.31. The van der Waals surface area contributed by atoms with E-state index < -0.39 is 6.10 Å². The van der Waals surface area contributed by atoms with Crippen LogP contribution < -0.4 is 9.47 Å². The van der Waals surface area contributed by atoms with Gasteiger partial charge in [0.25, 0.3) is 0 Å². The summed E-state index contributed by atoms with van der Waals surface area (Å²) in [5.41, 5.74) is 0.625. The minimum atomic E-state index is -0.911. The van der Waals surface area contributed by atoms with Gasteiger partial charge < -0.3 is 19.7 Å². The molecule has 15 heavy (non-hydrogen) atoms. The maximum Gasteiger partial charge on any atom is 0.231 e. The van der Waals surface area contributed by atoms with Gasteiger partial charge in [0.05, 0.1) is 0 Å². The topological polar surface area (TPSA) is 58.9 Å². The highest BCUT2D eigenvalue weighted by atomic mass is 16.7. The molecule has 0 saturated heterocycles. The maximum atomic E-state index is 9.60. The van der Waals surface area contributed by atoms with Gasteiger partial charge in [-0.3, -0.25) is 0 Å². The number of benzene rings is 1. The van der Waals surface area contributed by atoms with Crippen molar-refractivity contribution < 1.29 is 19.7 Å². The fourth-order valence-corrected chi connectivity index (χ4v) is 1.31. The van der Waals surface area contributed by atoms with Crippen molar-refractivity contribution in [1.29, 1.82) is 0 Å². The van der Waals surface area contributed by atoms with E-state index in [0.717, 1.165) is 0 Å². The molecule has 1 aliphatic heterocycles. The van der Waals surface area contributed by atoms with Gasteiger partial charge in [0, 0.05) is 0 Å². The first-order valence-corrected chi connectivity index (χ1v) is 4.48. The molecule has 1 aromatic carbocycles. The number of hydrogen-bond acceptors (Lipinski definition) is 4. The van der Waals surface area contributed by atoms with Gasteiger partial charge in [-0.05, 0) is 17.7 Å². The predicted molar refractivity (Wildman–Crippen MR) is 52.4 cm³/mol. The number of ether oxygens (including phenoxy) is 2. The van der Waals surface area contributed by atoms with Crippen molar-refractivity contribution in [3.05, 3.63) is 23.8 Å². The van der Waals surface area contributed by atoms with Crippen LogP contribution in [0.2, 0.25) is 0 Å². The summed E-state index contributed by atoms with van der Waals surface area (Å²) >= 11 is 0. The Labute approximate surface area is 87.1 Å². The van der Waals surface area contributed by atoms with E-state index in [9.17, 15) is 5.11 Å². The molecule has 1 atom stereocenters. The minimum absolute atomic E-state index is 0.206. The van der Waals surface area contributed by atoms with Crippen LogP contribution >= 0.6 is 0 Å². The Bertz CT molecular complexity index is 416. The Kier molecular flexibility index (Phi) is 2.77. The lowest BCUT2D eigenvalue weighted by molar-refractivity contribution is 0.173. The van der Waals surface area contributed by atoms with E-state index in [-0.39, 0.29) is 13.4 Å². The van der Waals surface area contributed by atoms with E-state index in [4.69, 9.17) is 14.6 Å². The van der Waals surface area contributed by atoms with Gasteiger partial charge >= 0.3 is 0 Å². The predicted octanol–water partition coefficient (Wildman–Crippen LogP) is 0.444. The standard InChI is InChI=1S/C11H10O4/c12-5-1-2-9(13)8-3-4-10-11(6-8)15-7-14-10/h3-4,6,9,12-13H,5,7H2. The lowest BCUT2D eigenvalue weighted by atomic mass is 10.1. The van der Waals surface area contributed by atoms with Crippen LogP contribution in [0.15, 0.2) is 18.2 Å². The van der Waals surface area contributed by atoms with Crippen molar-refractivity contribution in [2.24, 2.45) is 0 Å². The molecule has 1 aliphatic rings. The smallest absolute Gasteiger partial charge is 0.231 e. The fraction of sp³-hybridized carbons (Fsp3) is 0.273. The number of aliphatic hydroxyl groups is 2. The quantitative estimate of drug-likeness (QED) is 0.655. The van der Waals surface area contributed by atoms with Crippen molar-refractivity contribution in [3.63, 3.8) is 0 Å². The third kappa shape index (κ3) is 2.04. The lowest BCUT2D eigenvalue weighted by Crippen LogP contribution is -1.94. The number of fused-ring (bicyclic) bond motifs is 1. The van der Waals surface area contributed by atoms with Crippen molar-refractivity contribution in [1.82, 2.24) is 0 Å². The molecule has 0 fully saturated rings. The van der Waals surface area contributed by atoms with Crippen LogP contribution in [0.25, 0.3) is 0 Å². The van der Waals surface area contributed by atoms with Crippen LogP contribution in [0.1, 0.15) is 11.7 Å². The molecule has 0 spiro atoms. The highest BCUT2D eigenvalue weighted by molar-refractivity contribution is 5.46. The highest BCUT2D eigenvalue weighted by Crippen LogP contribution is 2.33. The van der Waals surface area contributed by atoms with Gasteiger partial charge in [-0.15, -0.1) is 0 Å². The molecular formula is C11H10O4. The van der Waals surface area contributed by atoms with E-state index in [2.05, 4.69) is 11.8 Å². The Hall–Kier alpha value is -1.70. The highest BCUT2D eigenvalue weighted by Gasteiger charge is 2.15. The normalized spacial score (nSPS) is 14.3. The summed E-state index contributed by atoms with van der Waals surface area (Å²) in [6.07, 6.45) is -0.911. The van der Waals surface area contributed by atoms with Gasteiger partial charge in [0.15, 0.2) is 11.5 Å². The maximum absolute atomic E-state index is 9.60. The summed E-state index contributed by atoms with van der Waals surface area (Å²) in [7, 11) is 0. The lowest BCUT2D eigenvalue weighted by Gasteiger charge is -2.04. The molecule has 1 heterocycles. The van der Waals surface area contributed by atoms with E-state index in [1.807, 2.05) is 0 Å². The average Bonchev–Trinajstić information content (AvgIpc) is 2.72. The second-order valence-electron chi connectivity index (χ2n) is 2.99. The molecule has 4 nitrogen and oxygen atoms in total. The summed E-state index contributed by atoms with van der Waals surface area (Å²) in [5.74, 6) is 6.17. The number of hydrogen-bond donors (Lipinski definition) is 2. The van der Waals surface area contributed by atoms with E-state index in [0.29, 0.717) is 17.1 Å². The molecule has 78 valence electrons. The van der Waals surface area contributed by atoms with E-state index in [1.165, 1.54) is 0 Å². The first-order chi connectivity index (χ1) is 7.31. The summed E-state index contributed by atoms with van der Waals surface area (Å²) in [6.45, 7) is -0.0567. The zero-order chi connectivity index (χ0) is 10.7. The zero-order valence-corrected chi connectivity index (χ0v) is 7.93. The van der Waals surface area contributed by atoms with E-state index >= 15 is 0 Å². The van der Waals surface area contributed by atoms with Crippen molar-refractivity contribution in [2.45, 2.75) is 6.10 Å². The van der Waals surface area contributed by atoms with Crippen molar-refractivity contribution in [2.75, 3.05) is 13.4 Å². The Balaban J connectivity index is 2.22. The second-order valence-corrected chi connectivity index (χ2v) is 2.99. The Morgan fingerprint density at radius 2 is 2.13 bits per heavy atom. The third-order valence-corrected chi connectivity index (χ3v) is 2.03. The van der Waals surface area contributed by atoms with Crippen LogP contribution in [0.5, 0.6) is 11.5 Å². The average molecular weight is 206 g/mol. The van der Waals surface area contributed by atoms with Crippen LogP contribution in [0.4, 0.5) is 0 Å². The second kappa shape index (κ2) is 4.22. The van der Waals surface area contributed by atoms with Gasteiger partial charge in [-0.25, -0.2) is 0 Å². The molecule has 0 aromatic heterocycles. The van der Waals surface area contributed by atoms with Crippen LogP contribution in [0.3, 0.4) is 0 Å². The number of aliphatic hydroxyl groups excluding tert-OH is 2. The zero-order valence-electron chi connectivity index (χ0n) is 7.93. The molecule has 2 N–H and O–H groups in total. The molecule has 1 aromatic rings. The van der Waals surface area contributed by atoms with Crippen LogP contribution in [-0.2, 0) is 0 Å². The molecule has 2 rings (SSSR count). The number of rotatable bonds is 1. The third-order valence-electron chi connectivity index (χ3n) is 2.03. The van der Waals surface area contributed by atoms with Gasteiger partial charge in [0.1, 0.15) is 12.7 Å². The van der Waals surface area contributed by atoms with Gasteiger partial charge in [0.2, 0.25) is 6.79 Å². The molecular weight excluding hydrogens is 196 g/mol. The minimum Gasteiger partial charge on any atom is -0.454 e. The first kappa shape index (κ1) is 9.84. The Morgan fingerprint density at radius 1 is 1.33 bits per heavy atom. The molecule has 1 unspecified atom stereocenters. The SMILES string of the molecule is OCC#CC(O)c1ccc2c(c1)OCO2. The van der Waals surface area contributed by atoms with Crippen LogP contribution in [-0.4, -0.2) is 23.6 Å². The largest absolute Gasteiger partial charge is 0.454 e. The van der Waals surface area contributed by atoms with Crippen molar-refractivity contribution >= 4 is 0 Å². The monoisotopic (exact) mass is 206 g/mol. The van der Waals surface area contributed by atoms with Crippen LogP contribution in [0, 0.1) is 11.8 Å². The van der Waals surface area contributed by atoms with Gasteiger partial charge in [-0.1, -0.05) is 17.9 Å². The molecule has 0 radical (unpaired) electrons. The Morgan fingerprint density at radius 3 is 2.93 bits per heavy atom. The molecule has 0 bridgehead atoms. The summed E-state index contributed by atoms with van der Waals surface area (Å²) in [6, 6.07) is 5.12. The van der Waals surface area contributed by atoms with E-state index in [1.54, 1.807) is 18.2 Å². The molecule has 0 saturated carbocycles. The van der Waals surface area contributed by atoms with Crippen molar-refractivity contribution in [3.8, 4) is 23.3 Å². The summed E-state index contributed by atoms with van der Waals surface area (Å²) < 4.78 is 10.3. The first-order valence-electron chi connectivity index (χ1n) is 4.48.